The summed E-state index contributed by atoms with van der Waals surface area (Å²) in [6.07, 6.45) is 12.1. The van der Waals surface area contributed by atoms with Gasteiger partial charge in [-0.25, -0.2) is 4.79 Å². The van der Waals surface area contributed by atoms with E-state index in [4.69, 9.17) is 9.47 Å². The third kappa shape index (κ3) is 9.85. The summed E-state index contributed by atoms with van der Waals surface area (Å²) >= 11 is 0. The van der Waals surface area contributed by atoms with Gasteiger partial charge in [-0.05, 0) is 30.7 Å². The van der Waals surface area contributed by atoms with Crippen molar-refractivity contribution in [3.63, 3.8) is 0 Å². The van der Waals surface area contributed by atoms with Crippen LogP contribution in [-0.2, 0) is 4.79 Å². The van der Waals surface area contributed by atoms with Crippen molar-refractivity contribution in [2.75, 3.05) is 0 Å². The summed E-state index contributed by atoms with van der Waals surface area (Å²) in [6, 6.07) is 11.6. The molecule has 0 heterocycles. The third-order valence-electron chi connectivity index (χ3n) is 5.32. The highest BCUT2D eigenvalue weighted by Crippen LogP contribution is 2.28. The predicted molar refractivity (Wildman–Crippen MR) is 127 cm³/mol. The van der Waals surface area contributed by atoms with Gasteiger partial charge in [0.25, 0.3) is 5.69 Å². The normalized spacial score (nSPS) is 10.6. The summed E-state index contributed by atoms with van der Waals surface area (Å²) in [7, 11) is 0. The van der Waals surface area contributed by atoms with Crippen molar-refractivity contribution in [2.24, 2.45) is 0 Å². The minimum Gasteiger partial charge on any atom is -0.423 e. The number of ether oxygens (including phenoxy) is 2. The molecule has 0 aliphatic carbocycles. The number of hydrogen-bond acceptors (Lipinski definition) is 6. The molecule has 0 radical (unpaired) electrons. The van der Waals surface area contributed by atoms with Gasteiger partial charge in [0, 0.05) is 18.6 Å². The molecule has 0 atom stereocenters. The number of nitro groups is 1. The first-order valence-electron chi connectivity index (χ1n) is 11.8. The Morgan fingerprint density at radius 2 is 1.27 bits per heavy atom. The average Bonchev–Trinajstić information content (AvgIpc) is 2.81. The van der Waals surface area contributed by atoms with Crippen LogP contribution in [-0.4, -0.2) is 16.9 Å². The van der Waals surface area contributed by atoms with E-state index in [9.17, 15) is 19.7 Å². The average molecular weight is 456 g/mol. The highest BCUT2D eigenvalue weighted by Gasteiger charge is 2.16. The number of nitro benzene ring substituents is 1. The molecular weight excluding hydrogens is 422 g/mol. The van der Waals surface area contributed by atoms with Gasteiger partial charge in [0.05, 0.1) is 10.5 Å². The molecule has 0 bridgehead atoms. The molecular formula is C26H33NO6. The topological polar surface area (TPSA) is 95.7 Å². The van der Waals surface area contributed by atoms with E-state index in [1.54, 1.807) is 18.2 Å². The molecule has 0 aliphatic heterocycles. The molecule has 2 rings (SSSR count). The molecule has 2 aromatic carbocycles. The molecule has 0 N–H and O–H groups in total. The van der Waals surface area contributed by atoms with Crippen molar-refractivity contribution >= 4 is 17.6 Å². The zero-order valence-electron chi connectivity index (χ0n) is 19.3. The van der Waals surface area contributed by atoms with Crippen LogP contribution in [0.4, 0.5) is 5.69 Å². The van der Waals surface area contributed by atoms with Crippen molar-refractivity contribution in [3.05, 3.63) is 64.2 Å². The molecule has 0 spiro atoms. The molecule has 0 aliphatic rings. The summed E-state index contributed by atoms with van der Waals surface area (Å²) in [4.78, 5) is 34.8. The SMILES string of the molecule is CCCCCCCCCCCCC(=O)Oc1ccccc1OC(=O)c1ccc([N+](=O)[O-])cc1. The Balaban J connectivity index is 1.74. The Morgan fingerprint density at radius 1 is 0.758 bits per heavy atom. The van der Waals surface area contributed by atoms with E-state index < -0.39 is 10.9 Å². The van der Waals surface area contributed by atoms with Crippen LogP contribution in [0.1, 0.15) is 87.9 Å². The lowest BCUT2D eigenvalue weighted by atomic mass is 10.1. The fourth-order valence-corrected chi connectivity index (χ4v) is 3.43. The van der Waals surface area contributed by atoms with Crippen LogP contribution in [0.5, 0.6) is 11.5 Å². The molecule has 0 unspecified atom stereocenters. The fourth-order valence-electron chi connectivity index (χ4n) is 3.43. The zero-order valence-corrected chi connectivity index (χ0v) is 19.3. The van der Waals surface area contributed by atoms with Crippen LogP contribution >= 0.6 is 0 Å². The first-order valence-corrected chi connectivity index (χ1v) is 11.8. The maximum Gasteiger partial charge on any atom is 0.343 e. The molecule has 2 aromatic rings. The number of rotatable bonds is 15. The first kappa shape index (κ1) is 26.0. The summed E-state index contributed by atoms with van der Waals surface area (Å²) in [5, 5.41) is 10.7. The van der Waals surface area contributed by atoms with E-state index in [0.717, 1.165) is 19.3 Å². The third-order valence-corrected chi connectivity index (χ3v) is 5.32. The number of benzene rings is 2. The predicted octanol–water partition coefficient (Wildman–Crippen LogP) is 7.03. The Bertz CT molecular complexity index is 894. The van der Waals surface area contributed by atoms with E-state index in [0.29, 0.717) is 6.42 Å². The van der Waals surface area contributed by atoms with Crippen molar-refractivity contribution in [1.29, 1.82) is 0 Å². The van der Waals surface area contributed by atoms with Gasteiger partial charge in [-0.1, -0.05) is 76.8 Å². The van der Waals surface area contributed by atoms with Crippen LogP contribution in [0.2, 0.25) is 0 Å². The molecule has 0 fully saturated rings. The van der Waals surface area contributed by atoms with Gasteiger partial charge in [-0.3, -0.25) is 14.9 Å². The smallest absolute Gasteiger partial charge is 0.343 e. The Labute approximate surface area is 195 Å². The number of unbranched alkanes of at least 4 members (excludes halogenated alkanes) is 9. The summed E-state index contributed by atoms with van der Waals surface area (Å²) in [6.45, 7) is 2.22. The second kappa shape index (κ2) is 14.8. The summed E-state index contributed by atoms with van der Waals surface area (Å²) in [5.74, 6) is -0.765. The van der Waals surface area contributed by atoms with Crippen LogP contribution < -0.4 is 9.47 Å². The first-order chi connectivity index (χ1) is 16.0. The number of carbonyl (C=O) groups is 2. The number of hydrogen-bond donors (Lipinski definition) is 0. The van der Waals surface area contributed by atoms with Gasteiger partial charge < -0.3 is 9.47 Å². The second-order valence-electron chi connectivity index (χ2n) is 8.05. The van der Waals surface area contributed by atoms with Gasteiger partial charge >= 0.3 is 11.9 Å². The van der Waals surface area contributed by atoms with Gasteiger partial charge in [0.1, 0.15) is 0 Å². The molecule has 178 valence electrons. The Kier molecular flexibility index (Phi) is 11.7. The van der Waals surface area contributed by atoms with Crippen molar-refractivity contribution in [3.8, 4) is 11.5 Å². The molecule has 0 saturated heterocycles. The fraction of sp³-hybridized carbons (Fsp3) is 0.462. The van der Waals surface area contributed by atoms with Gasteiger partial charge in [0.2, 0.25) is 0 Å². The van der Waals surface area contributed by atoms with Crippen LogP contribution in [0, 0.1) is 10.1 Å². The number of esters is 2. The van der Waals surface area contributed by atoms with E-state index in [2.05, 4.69) is 6.92 Å². The summed E-state index contributed by atoms with van der Waals surface area (Å²) < 4.78 is 10.8. The van der Waals surface area contributed by atoms with Crippen LogP contribution in [0.3, 0.4) is 0 Å². The van der Waals surface area contributed by atoms with Gasteiger partial charge in [-0.15, -0.1) is 0 Å². The van der Waals surface area contributed by atoms with Crippen molar-refractivity contribution in [2.45, 2.75) is 77.6 Å². The van der Waals surface area contributed by atoms with E-state index in [1.807, 2.05) is 0 Å². The second-order valence-corrected chi connectivity index (χ2v) is 8.05. The molecule has 0 amide bonds. The van der Waals surface area contributed by atoms with E-state index >= 15 is 0 Å². The lowest BCUT2D eigenvalue weighted by Gasteiger charge is -2.10. The summed E-state index contributed by atoms with van der Waals surface area (Å²) in [5.41, 5.74) is 0.0416. The van der Waals surface area contributed by atoms with Crippen molar-refractivity contribution in [1.82, 2.24) is 0 Å². The molecule has 33 heavy (non-hydrogen) atoms. The van der Waals surface area contributed by atoms with Crippen molar-refractivity contribution < 1.29 is 24.0 Å². The molecule has 0 aromatic heterocycles. The number of para-hydroxylation sites is 2. The minimum absolute atomic E-state index is 0.118. The number of carbonyl (C=O) groups excluding carboxylic acids is 2. The lowest BCUT2D eigenvalue weighted by molar-refractivity contribution is -0.384. The molecule has 0 saturated carbocycles. The maximum atomic E-state index is 12.4. The highest BCUT2D eigenvalue weighted by molar-refractivity contribution is 5.91. The van der Waals surface area contributed by atoms with E-state index in [-0.39, 0.29) is 28.7 Å². The number of nitrogens with zero attached hydrogens (tertiary/aromatic N) is 1. The largest absolute Gasteiger partial charge is 0.423 e. The quantitative estimate of drug-likeness (QED) is 0.0940. The molecule has 7 nitrogen and oxygen atoms in total. The highest BCUT2D eigenvalue weighted by atomic mass is 16.6. The number of non-ortho nitro benzene ring substituents is 1. The lowest BCUT2D eigenvalue weighted by Crippen LogP contribution is -2.12. The van der Waals surface area contributed by atoms with Gasteiger partial charge in [-0.2, -0.15) is 0 Å². The monoisotopic (exact) mass is 455 g/mol. The van der Waals surface area contributed by atoms with E-state index in [1.165, 1.54) is 75.3 Å². The Morgan fingerprint density at radius 3 is 1.82 bits per heavy atom. The molecule has 7 heteroatoms. The Hall–Kier alpha value is -3.22. The van der Waals surface area contributed by atoms with Crippen LogP contribution in [0.25, 0.3) is 0 Å². The zero-order chi connectivity index (χ0) is 23.9. The van der Waals surface area contributed by atoms with Gasteiger partial charge in [0.15, 0.2) is 11.5 Å². The minimum atomic E-state index is -0.692. The van der Waals surface area contributed by atoms with Crippen LogP contribution in [0.15, 0.2) is 48.5 Å². The maximum absolute atomic E-state index is 12.4. The standard InChI is InChI=1S/C26H33NO6/c1-2-3-4-5-6-7-8-9-10-11-16-25(28)32-23-14-12-13-15-24(23)33-26(29)21-17-19-22(20-18-21)27(30)31/h12-15,17-20H,2-11,16H2,1H3.